The highest BCUT2D eigenvalue weighted by Crippen LogP contribution is 2.28. The highest BCUT2D eigenvalue weighted by molar-refractivity contribution is 7.92. The molecule has 0 bridgehead atoms. The number of halogens is 1. The Balaban J connectivity index is 1.80. The van der Waals surface area contributed by atoms with Crippen LogP contribution in [0, 0.1) is 6.92 Å². The Morgan fingerprint density at radius 2 is 1.60 bits per heavy atom. The molecule has 0 atom stereocenters. The second kappa shape index (κ2) is 8.90. The van der Waals surface area contributed by atoms with Crippen LogP contribution in [0.1, 0.15) is 41.3 Å². The van der Waals surface area contributed by atoms with Crippen LogP contribution in [0.2, 0.25) is 5.02 Å². The molecule has 0 heterocycles. The molecular weight excluding hydrogens is 420 g/mol. The molecule has 156 valence electrons. The summed E-state index contributed by atoms with van der Waals surface area (Å²) >= 11 is 6.27. The normalized spacial score (nSPS) is 11.4. The number of anilines is 2. The number of carbonyl (C=O) groups excluding carboxylic acids is 1. The standard InChI is InChI=1S/C23H23ClN2O3S/c1-15(2)19-6-4-5-7-21(19)25-23(27)17-10-13-22(20(24)14-17)26-30(28,29)18-11-8-16(3)9-12-18/h4-15,26H,1-3H3,(H,25,27). The summed E-state index contributed by atoms with van der Waals surface area (Å²) in [4.78, 5) is 12.8. The molecule has 2 N–H and O–H groups in total. The van der Waals surface area contributed by atoms with E-state index in [9.17, 15) is 13.2 Å². The summed E-state index contributed by atoms with van der Waals surface area (Å²) < 4.78 is 27.6. The zero-order chi connectivity index (χ0) is 21.9. The molecule has 0 saturated heterocycles. The van der Waals surface area contributed by atoms with Crippen LogP contribution in [0.5, 0.6) is 0 Å². The number of nitrogens with one attached hydrogen (secondary N) is 2. The Labute approximate surface area is 182 Å². The molecule has 0 fully saturated rings. The smallest absolute Gasteiger partial charge is 0.261 e. The third kappa shape index (κ3) is 5.01. The van der Waals surface area contributed by atoms with Crippen molar-refractivity contribution >= 4 is 38.9 Å². The van der Waals surface area contributed by atoms with Gasteiger partial charge in [-0.2, -0.15) is 0 Å². The van der Waals surface area contributed by atoms with E-state index in [-0.39, 0.29) is 27.4 Å². The molecule has 0 aliphatic heterocycles. The lowest BCUT2D eigenvalue weighted by molar-refractivity contribution is 0.102. The maximum absolute atomic E-state index is 12.7. The van der Waals surface area contributed by atoms with E-state index in [2.05, 4.69) is 23.9 Å². The molecule has 0 saturated carbocycles. The Hall–Kier alpha value is -2.83. The van der Waals surface area contributed by atoms with Gasteiger partial charge in [0.05, 0.1) is 15.6 Å². The quantitative estimate of drug-likeness (QED) is 0.504. The predicted molar refractivity (Wildman–Crippen MR) is 122 cm³/mol. The molecule has 3 aromatic rings. The van der Waals surface area contributed by atoms with E-state index in [0.29, 0.717) is 5.56 Å². The van der Waals surface area contributed by atoms with Crippen LogP contribution >= 0.6 is 11.6 Å². The van der Waals surface area contributed by atoms with Crippen LogP contribution in [0.4, 0.5) is 11.4 Å². The maximum Gasteiger partial charge on any atom is 0.261 e. The minimum atomic E-state index is -3.78. The van der Waals surface area contributed by atoms with E-state index in [4.69, 9.17) is 11.6 Å². The van der Waals surface area contributed by atoms with Gasteiger partial charge in [0.25, 0.3) is 15.9 Å². The zero-order valence-electron chi connectivity index (χ0n) is 16.9. The Morgan fingerprint density at radius 1 is 0.933 bits per heavy atom. The third-order valence-electron chi connectivity index (χ3n) is 4.64. The van der Waals surface area contributed by atoms with Gasteiger partial charge in [-0.3, -0.25) is 9.52 Å². The van der Waals surface area contributed by atoms with Gasteiger partial charge >= 0.3 is 0 Å². The molecule has 7 heteroatoms. The van der Waals surface area contributed by atoms with Crippen molar-refractivity contribution in [3.63, 3.8) is 0 Å². The van der Waals surface area contributed by atoms with Crippen LogP contribution in [-0.4, -0.2) is 14.3 Å². The molecule has 0 radical (unpaired) electrons. The third-order valence-corrected chi connectivity index (χ3v) is 6.33. The number of carbonyl (C=O) groups is 1. The summed E-state index contributed by atoms with van der Waals surface area (Å²) in [5, 5.41) is 3.03. The van der Waals surface area contributed by atoms with E-state index in [1.54, 1.807) is 12.1 Å². The second-order valence-corrected chi connectivity index (χ2v) is 9.40. The molecule has 0 spiro atoms. The fraction of sp³-hybridized carbons (Fsp3) is 0.174. The average Bonchev–Trinajstić information content (AvgIpc) is 2.70. The van der Waals surface area contributed by atoms with Crippen LogP contribution in [0.15, 0.2) is 71.6 Å². The summed E-state index contributed by atoms with van der Waals surface area (Å²) in [6, 6.07) is 18.6. The predicted octanol–water partition coefficient (Wildman–Crippen LogP) is 5.82. The van der Waals surface area contributed by atoms with Gasteiger partial charge < -0.3 is 5.32 Å². The van der Waals surface area contributed by atoms with Crippen molar-refractivity contribution in [2.75, 3.05) is 10.0 Å². The van der Waals surface area contributed by atoms with Crippen LogP contribution in [0.25, 0.3) is 0 Å². The number of benzene rings is 3. The number of amides is 1. The summed E-state index contributed by atoms with van der Waals surface area (Å²) in [6.45, 7) is 5.98. The summed E-state index contributed by atoms with van der Waals surface area (Å²) in [5.41, 5.74) is 3.26. The van der Waals surface area contributed by atoms with Gasteiger partial charge in [0.1, 0.15) is 0 Å². The van der Waals surface area contributed by atoms with Gasteiger partial charge in [0.15, 0.2) is 0 Å². The average molecular weight is 443 g/mol. The largest absolute Gasteiger partial charge is 0.322 e. The van der Waals surface area contributed by atoms with Gasteiger partial charge in [0.2, 0.25) is 0 Å². The van der Waals surface area contributed by atoms with Crippen LogP contribution in [0.3, 0.4) is 0 Å². The van der Waals surface area contributed by atoms with Crippen molar-refractivity contribution in [2.24, 2.45) is 0 Å². The number of hydrogen-bond acceptors (Lipinski definition) is 3. The molecule has 5 nitrogen and oxygen atoms in total. The Morgan fingerprint density at radius 3 is 2.23 bits per heavy atom. The van der Waals surface area contributed by atoms with Crippen molar-refractivity contribution in [2.45, 2.75) is 31.6 Å². The first-order valence-electron chi connectivity index (χ1n) is 9.46. The van der Waals surface area contributed by atoms with E-state index < -0.39 is 10.0 Å². The van der Waals surface area contributed by atoms with E-state index in [0.717, 1.165) is 16.8 Å². The molecule has 3 aromatic carbocycles. The van der Waals surface area contributed by atoms with Gasteiger partial charge in [-0.25, -0.2) is 8.42 Å². The first-order valence-corrected chi connectivity index (χ1v) is 11.3. The first kappa shape index (κ1) is 21.9. The molecule has 3 rings (SSSR count). The fourth-order valence-electron chi connectivity index (χ4n) is 2.97. The van der Waals surface area contributed by atoms with Crippen molar-refractivity contribution in [3.8, 4) is 0 Å². The van der Waals surface area contributed by atoms with Gasteiger partial charge in [-0.05, 0) is 54.8 Å². The van der Waals surface area contributed by atoms with Crippen molar-refractivity contribution in [1.29, 1.82) is 0 Å². The Kier molecular flexibility index (Phi) is 6.48. The lowest BCUT2D eigenvalue weighted by Gasteiger charge is -2.14. The topological polar surface area (TPSA) is 75.3 Å². The molecular formula is C23H23ClN2O3S. The molecule has 30 heavy (non-hydrogen) atoms. The minimum Gasteiger partial charge on any atom is -0.322 e. The van der Waals surface area contributed by atoms with Crippen molar-refractivity contribution in [3.05, 3.63) is 88.4 Å². The summed E-state index contributed by atoms with van der Waals surface area (Å²) in [7, 11) is -3.78. The minimum absolute atomic E-state index is 0.135. The zero-order valence-corrected chi connectivity index (χ0v) is 18.5. The first-order chi connectivity index (χ1) is 14.2. The fourth-order valence-corrected chi connectivity index (χ4v) is 4.33. The van der Waals surface area contributed by atoms with E-state index >= 15 is 0 Å². The molecule has 1 amide bonds. The number of hydrogen-bond donors (Lipinski definition) is 2. The van der Waals surface area contributed by atoms with Gasteiger partial charge in [-0.15, -0.1) is 0 Å². The van der Waals surface area contributed by atoms with Crippen molar-refractivity contribution < 1.29 is 13.2 Å². The number of sulfonamides is 1. The Bertz CT molecular complexity index is 1170. The van der Waals surface area contributed by atoms with E-state index in [1.165, 1.54) is 30.3 Å². The lowest BCUT2D eigenvalue weighted by Crippen LogP contribution is -2.15. The van der Waals surface area contributed by atoms with Crippen molar-refractivity contribution in [1.82, 2.24) is 0 Å². The van der Waals surface area contributed by atoms with Crippen LogP contribution < -0.4 is 10.0 Å². The number of para-hydroxylation sites is 1. The van der Waals surface area contributed by atoms with Gasteiger partial charge in [-0.1, -0.05) is 61.3 Å². The summed E-state index contributed by atoms with van der Waals surface area (Å²) in [5.74, 6) is -0.0680. The molecule has 0 aliphatic rings. The highest BCUT2D eigenvalue weighted by atomic mass is 35.5. The van der Waals surface area contributed by atoms with E-state index in [1.807, 2.05) is 31.2 Å². The number of aryl methyl sites for hydroxylation is 1. The molecule has 0 aliphatic carbocycles. The molecule has 0 aromatic heterocycles. The lowest BCUT2D eigenvalue weighted by atomic mass is 10.0. The monoisotopic (exact) mass is 442 g/mol. The summed E-state index contributed by atoms with van der Waals surface area (Å²) in [6.07, 6.45) is 0. The highest BCUT2D eigenvalue weighted by Gasteiger charge is 2.17. The number of rotatable bonds is 6. The SMILES string of the molecule is Cc1ccc(S(=O)(=O)Nc2ccc(C(=O)Nc3ccccc3C(C)C)cc2Cl)cc1. The molecule has 0 unspecified atom stereocenters. The van der Waals surface area contributed by atoms with Crippen LogP contribution in [-0.2, 0) is 10.0 Å². The second-order valence-electron chi connectivity index (χ2n) is 7.31. The maximum atomic E-state index is 12.7. The van der Waals surface area contributed by atoms with Gasteiger partial charge in [0, 0.05) is 11.3 Å².